The third kappa shape index (κ3) is 6.02. The molecule has 9 nitrogen and oxygen atoms in total. The summed E-state index contributed by atoms with van der Waals surface area (Å²) in [6.45, 7) is 5.61. The van der Waals surface area contributed by atoms with Crippen molar-refractivity contribution in [3.8, 4) is 22.9 Å². The minimum atomic E-state index is -4.02. The Bertz CT molecular complexity index is 2510. The first-order valence-corrected chi connectivity index (χ1v) is 16.2. The summed E-state index contributed by atoms with van der Waals surface area (Å²) in [7, 11) is -2.26. The van der Waals surface area contributed by atoms with Crippen LogP contribution in [0.15, 0.2) is 119 Å². The molecule has 234 valence electrons. The highest BCUT2D eigenvalue weighted by Crippen LogP contribution is 2.31. The zero-order valence-corrected chi connectivity index (χ0v) is 27.0. The number of hydrogen-bond donors (Lipinski definition) is 1. The van der Waals surface area contributed by atoms with Crippen molar-refractivity contribution in [3.05, 3.63) is 131 Å². The van der Waals surface area contributed by atoms with Crippen LogP contribution in [0.3, 0.4) is 0 Å². The summed E-state index contributed by atoms with van der Waals surface area (Å²) in [5, 5.41) is 11.5. The quantitative estimate of drug-likeness (QED) is 0.202. The Morgan fingerprint density at radius 1 is 0.830 bits per heavy atom. The van der Waals surface area contributed by atoms with Crippen molar-refractivity contribution >= 4 is 43.0 Å². The molecule has 0 saturated heterocycles. The molecule has 7 rings (SSSR count). The molecule has 3 aromatic heterocycles. The lowest BCUT2D eigenvalue weighted by Gasteiger charge is -2.16. The van der Waals surface area contributed by atoms with E-state index in [9.17, 15) is 18.5 Å². The molecule has 47 heavy (non-hydrogen) atoms. The number of nitriles is 1. The van der Waals surface area contributed by atoms with Gasteiger partial charge in [0.1, 0.15) is 0 Å². The lowest BCUT2D eigenvalue weighted by Crippen LogP contribution is -2.21. The van der Waals surface area contributed by atoms with Gasteiger partial charge in [-0.05, 0) is 80.4 Å². The molecule has 0 unspecified atom stereocenters. The van der Waals surface area contributed by atoms with Crippen LogP contribution in [0.5, 0.6) is 0 Å². The van der Waals surface area contributed by atoms with Crippen LogP contribution in [0.1, 0.15) is 25.0 Å². The fraction of sp³-hybridized carbons (Fsp3) is 0.135. The van der Waals surface area contributed by atoms with E-state index in [0.717, 1.165) is 60.8 Å². The first kappa shape index (κ1) is 31.4. The molecule has 0 radical (unpaired) electrons. The first-order valence-electron chi connectivity index (χ1n) is 14.8. The van der Waals surface area contributed by atoms with E-state index in [2.05, 4.69) is 34.2 Å². The maximum atomic E-state index is 13.4. The third-order valence-corrected chi connectivity index (χ3v) is 9.12. The molecule has 0 aliphatic carbocycles. The number of rotatable bonds is 4. The molecule has 7 aromatic rings. The van der Waals surface area contributed by atoms with Crippen LogP contribution < -0.4 is 5.69 Å². The zero-order valence-electron chi connectivity index (χ0n) is 26.2. The highest BCUT2D eigenvalue weighted by Gasteiger charge is 2.21. The highest BCUT2D eigenvalue weighted by atomic mass is 32.2. The topological polar surface area (TPSA) is 131 Å². The van der Waals surface area contributed by atoms with Crippen molar-refractivity contribution in [2.24, 2.45) is 7.05 Å². The molecule has 0 saturated carbocycles. The SMILES string of the molecule is Cc1ccc(S(=O)(=O)O)cc1.Cn1c(=O)n(-c2ccc(C(C)(C)C#N)cc2)c2c3cc(-c4cnc5ccccc5c4)ccc3ncc21. The summed E-state index contributed by atoms with van der Waals surface area (Å²) in [6.07, 6.45) is 3.63. The van der Waals surface area contributed by atoms with Gasteiger partial charge in [-0.15, -0.1) is 0 Å². The summed E-state index contributed by atoms with van der Waals surface area (Å²) in [6, 6.07) is 32.2. The highest BCUT2D eigenvalue weighted by molar-refractivity contribution is 7.85. The predicted molar refractivity (Wildman–Crippen MR) is 184 cm³/mol. The van der Waals surface area contributed by atoms with Crippen molar-refractivity contribution in [3.63, 3.8) is 0 Å². The van der Waals surface area contributed by atoms with Gasteiger partial charge in [-0.2, -0.15) is 13.7 Å². The largest absolute Gasteiger partial charge is 0.333 e. The van der Waals surface area contributed by atoms with Gasteiger partial charge in [0, 0.05) is 29.6 Å². The average Bonchev–Trinajstić information content (AvgIpc) is 3.33. The van der Waals surface area contributed by atoms with Crippen LogP contribution in [-0.4, -0.2) is 32.1 Å². The Balaban J connectivity index is 0.000000300. The van der Waals surface area contributed by atoms with Gasteiger partial charge in [0.15, 0.2) is 0 Å². The summed E-state index contributed by atoms with van der Waals surface area (Å²) in [5.41, 5.74) is 7.16. The van der Waals surface area contributed by atoms with Crippen molar-refractivity contribution in [2.45, 2.75) is 31.1 Å². The van der Waals surface area contributed by atoms with Gasteiger partial charge in [0.05, 0.1) is 50.3 Å². The number of nitrogens with zero attached hydrogens (tertiary/aromatic N) is 5. The standard InChI is InChI=1S/C30H23N5O.C7H8O3S/c1-30(2,18-31)22-9-11-23(12-10-22)35-28-24-15-19(21-14-20-6-4-5-7-25(20)32-16-21)8-13-26(24)33-17-27(28)34(3)29(35)36;1-6-2-4-7(5-3-6)11(8,9)10/h4-17H,1-3H3;2-5H,1H3,(H,8,9,10). The Hall–Kier alpha value is -5.63. The maximum absolute atomic E-state index is 13.4. The van der Waals surface area contributed by atoms with Crippen LogP contribution >= 0.6 is 0 Å². The number of aryl methyl sites for hydroxylation is 2. The molecule has 0 spiro atoms. The van der Waals surface area contributed by atoms with Gasteiger partial charge in [-0.3, -0.25) is 23.7 Å². The van der Waals surface area contributed by atoms with E-state index in [4.69, 9.17) is 4.55 Å². The number of hydrogen-bond acceptors (Lipinski definition) is 6. The molecule has 0 bridgehead atoms. The van der Waals surface area contributed by atoms with E-state index in [-0.39, 0.29) is 10.6 Å². The first-order chi connectivity index (χ1) is 22.4. The second kappa shape index (κ2) is 11.9. The summed E-state index contributed by atoms with van der Waals surface area (Å²) < 4.78 is 32.9. The van der Waals surface area contributed by atoms with E-state index >= 15 is 0 Å². The van der Waals surface area contributed by atoms with Crippen LogP contribution in [0, 0.1) is 18.3 Å². The smallest absolute Gasteiger partial charge is 0.293 e. The number of para-hydroxylation sites is 1. The Kier molecular flexibility index (Phi) is 7.97. The summed E-state index contributed by atoms with van der Waals surface area (Å²) in [4.78, 5) is 22.6. The lowest BCUT2D eigenvalue weighted by molar-refractivity contribution is 0.483. The van der Waals surface area contributed by atoms with Crippen LogP contribution in [0.2, 0.25) is 0 Å². The van der Waals surface area contributed by atoms with Crippen molar-refractivity contribution in [1.82, 2.24) is 19.1 Å². The van der Waals surface area contributed by atoms with Gasteiger partial charge in [0.2, 0.25) is 0 Å². The fourth-order valence-corrected chi connectivity index (χ4v) is 5.93. The Morgan fingerprint density at radius 2 is 1.51 bits per heavy atom. The van der Waals surface area contributed by atoms with E-state index in [1.54, 1.807) is 34.5 Å². The maximum Gasteiger partial charge on any atom is 0.333 e. The van der Waals surface area contributed by atoms with E-state index in [0.29, 0.717) is 0 Å². The molecule has 4 aromatic carbocycles. The predicted octanol–water partition coefficient (Wildman–Crippen LogP) is 7.14. The molecule has 0 fully saturated rings. The van der Waals surface area contributed by atoms with Gasteiger partial charge >= 0.3 is 5.69 Å². The molecule has 1 N–H and O–H groups in total. The molecule has 0 aliphatic heterocycles. The number of fused-ring (bicyclic) bond motifs is 4. The number of aromatic nitrogens is 4. The van der Waals surface area contributed by atoms with Crippen molar-refractivity contribution in [1.29, 1.82) is 5.26 Å². The number of pyridine rings is 2. The minimum absolute atomic E-state index is 0.0666. The second-order valence-corrected chi connectivity index (χ2v) is 13.3. The Morgan fingerprint density at radius 3 is 2.19 bits per heavy atom. The average molecular weight is 642 g/mol. The monoisotopic (exact) mass is 641 g/mol. The van der Waals surface area contributed by atoms with Gasteiger partial charge in [-0.1, -0.05) is 54.1 Å². The lowest BCUT2D eigenvalue weighted by atomic mass is 9.86. The zero-order chi connectivity index (χ0) is 33.5. The summed E-state index contributed by atoms with van der Waals surface area (Å²) in [5.74, 6) is 0. The van der Waals surface area contributed by atoms with Crippen LogP contribution in [0.4, 0.5) is 0 Å². The molecule has 3 heterocycles. The third-order valence-electron chi connectivity index (χ3n) is 8.25. The fourth-order valence-electron chi connectivity index (χ4n) is 5.45. The minimum Gasteiger partial charge on any atom is -0.293 e. The number of imidazole rings is 1. The van der Waals surface area contributed by atoms with Crippen LogP contribution in [-0.2, 0) is 22.6 Å². The van der Waals surface area contributed by atoms with Gasteiger partial charge in [-0.25, -0.2) is 4.79 Å². The molecular formula is C37H31N5O4S. The van der Waals surface area contributed by atoms with Crippen molar-refractivity contribution in [2.75, 3.05) is 0 Å². The van der Waals surface area contributed by atoms with E-state index in [1.807, 2.05) is 81.6 Å². The van der Waals surface area contributed by atoms with Crippen LogP contribution in [0.25, 0.3) is 49.7 Å². The summed E-state index contributed by atoms with van der Waals surface area (Å²) >= 11 is 0. The van der Waals surface area contributed by atoms with E-state index in [1.165, 1.54) is 12.1 Å². The molecule has 10 heteroatoms. The molecular weight excluding hydrogens is 611 g/mol. The number of benzene rings is 4. The normalized spacial score (nSPS) is 11.7. The second-order valence-electron chi connectivity index (χ2n) is 11.9. The van der Waals surface area contributed by atoms with Crippen molar-refractivity contribution < 1.29 is 13.0 Å². The molecule has 0 atom stereocenters. The molecule has 0 aliphatic rings. The van der Waals surface area contributed by atoms with Gasteiger partial charge < -0.3 is 0 Å². The Labute approximate surface area is 271 Å². The van der Waals surface area contributed by atoms with E-state index < -0.39 is 15.5 Å². The van der Waals surface area contributed by atoms with Gasteiger partial charge in [0.25, 0.3) is 10.1 Å². The molecule has 0 amide bonds.